The topological polar surface area (TPSA) is 86.6 Å². The predicted octanol–water partition coefficient (Wildman–Crippen LogP) is 1.62. The van der Waals surface area contributed by atoms with Crippen LogP contribution >= 0.6 is 38.5 Å². The SMILES string of the molecule is O=C(NCCC(O)C(=O)O)c1cc(I)ccc1Br. The number of benzene rings is 1. The van der Waals surface area contributed by atoms with Crippen LogP contribution in [0, 0.1) is 3.57 Å². The summed E-state index contributed by atoms with van der Waals surface area (Å²) >= 11 is 5.36. The number of carbonyl (C=O) groups excluding carboxylic acids is 1. The van der Waals surface area contributed by atoms with Gasteiger partial charge in [-0.3, -0.25) is 4.79 Å². The van der Waals surface area contributed by atoms with Crippen molar-refractivity contribution in [1.82, 2.24) is 5.32 Å². The van der Waals surface area contributed by atoms with E-state index in [2.05, 4.69) is 43.8 Å². The van der Waals surface area contributed by atoms with Crippen LogP contribution in [-0.2, 0) is 4.79 Å². The smallest absolute Gasteiger partial charge is 0.332 e. The number of nitrogens with one attached hydrogen (secondary N) is 1. The van der Waals surface area contributed by atoms with Gasteiger partial charge in [0, 0.05) is 21.0 Å². The number of aliphatic hydroxyl groups excluding tert-OH is 1. The fourth-order valence-corrected chi connectivity index (χ4v) is 2.13. The zero-order chi connectivity index (χ0) is 13.7. The molecular weight excluding hydrogens is 417 g/mol. The number of hydrogen-bond donors (Lipinski definition) is 3. The molecular formula is C11H11BrINO4. The Labute approximate surface area is 126 Å². The molecule has 1 amide bonds. The summed E-state index contributed by atoms with van der Waals surface area (Å²) in [5.41, 5.74) is 0.478. The molecule has 7 heteroatoms. The standard InChI is InChI=1S/C11H11BrINO4/c12-8-2-1-6(13)5-7(8)10(16)14-4-3-9(15)11(17)18/h1-2,5,9,15H,3-4H2,(H,14,16)(H,17,18). The van der Waals surface area contributed by atoms with Crippen LogP contribution in [-0.4, -0.2) is 34.7 Å². The summed E-state index contributed by atoms with van der Waals surface area (Å²) in [6.45, 7) is 0.101. The highest BCUT2D eigenvalue weighted by atomic mass is 127. The number of amides is 1. The lowest BCUT2D eigenvalue weighted by atomic mass is 10.2. The number of carbonyl (C=O) groups is 2. The Kier molecular flexibility index (Phi) is 6.03. The second kappa shape index (κ2) is 7.05. The molecule has 3 N–H and O–H groups in total. The van der Waals surface area contributed by atoms with E-state index in [-0.39, 0.29) is 18.9 Å². The molecule has 0 saturated carbocycles. The van der Waals surface area contributed by atoms with Crippen LogP contribution < -0.4 is 5.32 Å². The van der Waals surface area contributed by atoms with Crippen LogP contribution in [0.25, 0.3) is 0 Å². The second-order valence-corrected chi connectivity index (χ2v) is 5.62. The molecule has 0 aliphatic carbocycles. The number of hydrogen-bond acceptors (Lipinski definition) is 3. The summed E-state index contributed by atoms with van der Waals surface area (Å²) in [7, 11) is 0. The molecule has 0 bridgehead atoms. The molecule has 0 aliphatic heterocycles. The quantitative estimate of drug-likeness (QED) is 0.623. The largest absolute Gasteiger partial charge is 0.479 e. The molecule has 0 saturated heterocycles. The van der Waals surface area contributed by atoms with Gasteiger partial charge in [0.1, 0.15) is 0 Å². The van der Waals surface area contributed by atoms with Gasteiger partial charge in [0.25, 0.3) is 5.91 Å². The maximum absolute atomic E-state index is 11.8. The van der Waals surface area contributed by atoms with E-state index in [1.807, 2.05) is 6.07 Å². The van der Waals surface area contributed by atoms with Gasteiger partial charge in [0.05, 0.1) is 5.56 Å². The molecule has 1 aromatic carbocycles. The van der Waals surface area contributed by atoms with Crippen LogP contribution in [0.3, 0.4) is 0 Å². The number of halogens is 2. The van der Waals surface area contributed by atoms with Gasteiger partial charge in [-0.25, -0.2) is 4.79 Å². The molecule has 1 unspecified atom stereocenters. The monoisotopic (exact) mass is 427 g/mol. The molecule has 1 aromatic rings. The summed E-state index contributed by atoms with van der Waals surface area (Å²) < 4.78 is 1.59. The van der Waals surface area contributed by atoms with Crippen molar-refractivity contribution in [2.24, 2.45) is 0 Å². The van der Waals surface area contributed by atoms with Crippen molar-refractivity contribution in [2.45, 2.75) is 12.5 Å². The lowest BCUT2D eigenvalue weighted by molar-refractivity contribution is -0.146. The average molecular weight is 428 g/mol. The third kappa shape index (κ3) is 4.54. The summed E-state index contributed by atoms with van der Waals surface area (Å²) in [5, 5.41) is 20.1. The lowest BCUT2D eigenvalue weighted by Gasteiger charge is -2.08. The third-order valence-electron chi connectivity index (χ3n) is 2.16. The Morgan fingerprint density at radius 1 is 1.44 bits per heavy atom. The van der Waals surface area contributed by atoms with Gasteiger partial charge in [-0.15, -0.1) is 0 Å². The minimum absolute atomic E-state index is 0.0252. The van der Waals surface area contributed by atoms with E-state index in [0.29, 0.717) is 10.0 Å². The van der Waals surface area contributed by atoms with Crippen molar-refractivity contribution in [2.75, 3.05) is 6.54 Å². The molecule has 98 valence electrons. The van der Waals surface area contributed by atoms with Gasteiger partial charge >= 0.3 is 5.97 Å². The van der Waals surface area contributed by atoms with E-state index in [4.69, 9.17) is 10.2 Å². The van der Waals surface area contributed by atoms with Gasteiger partial charge in [-0.2, -0.15) is 0 Å². The van der Waals surface area contributed by atoms with E-state index in [9.17, 15) is 9.59 Å². The first-order valence-electron chi connectivity index (χ1n) is 5.06. The maximum atomic E-state index is 11.8. The minimum Gasteiger partial charge on any atom is -0.479 e. The Morgan fingerprint density at radius 2 is 2.11 bits per heavy atom. The van der Waals surface area contributed by atoms with E-state index in [1.54, 1.807) is 12.1 Å². The number of aliphatic hydroxyl groups is 1. The molecule has 0 radical (unpaired) electrons. The summed E-state index contributed by atoms with van der Waals surface area (Å²) in [5.74, 6) is -1.60. The van der Waals surface area contributed by atoms with Crippen LogP contribution in [0.5, 0.6) is 0 Å². The van der Waals surface area contributed by atoms with Crippen LogP contribution in [0.2, 0.25) is 0 Å². The maximum Gasteiger partial charge on any atom is 0.332 e. The van der Waals surface area contributed by atoms with E-state index in [1.165, 1.54) is 0 Å². The van der Waals surface area contributed by atoms with E-state index < -0.39 is 12.1 Å². The number of carboxylic acid groups (broad SMARTS) is 1. The van der Waals surface area contributed by atoms with Crippen molar-refractivity contribution in [3.8, 4) is 0 Å². The highest BCUT2D eigenvalue weighted by molar-refractivity contribution is 14.1. The minimum atomic E-state index is -1.45. The summed E-state index contributed by atoms with van der Waals surface area (Å²) in [6, 6.07) is 5.34. The molecule has 18 heavy (non-hydrogen) atoms. The van der Waals surface area contributed by atoms with Crippen molar-refractivity contribution in [3.63, 3.8) is 0 Å². The summed E-state index contributed by atoms with van der Waals surface area (Å²) in [6.07, 6.45) is -1.48. The Morgan fingerprint density at radius 3 is 2.72 bits per heavy atom. The average Bonchev–Trinajstić information content (AvgIpc) is 2.31. The Hall–Kier alpha value is -0.670. The first kappa shape index (κ1) is 15.4. The van der Waals surface area contributed by atoms with Gasteiger partial charge in [-0.05, 0) is 56.7 Å². The second-order valence-electron chi connectivity index (χ2n) is 3.52. The predicted molar refractivity (Wildman–Crippen MR) is 77.5 cm³/mol. The molecule has 1 atom stereocenters. The van der Waals surface area contributed by atoms with Gasteiger partial charge < -0.3 is 15.5 Å². The molecule has 0 aromatic heterocycles. The van der Waals surface area contributed by atoms with Crippen LogP contribution in [0.15, 0.2) is 22.7 Å². The first-order chi connectivity index (χ1) is 8.41. The molecule has 0 heterocycles. The fraction of sp³-hybridized carbons (Fsp3) is 0.273. The molecule has 0 fully saturated rings. The zero-order valence-corrected chi connectivity index (χ0v) is 12.9. The normalized spacial score (nSPS) is 11.9. The van der Waals surface area contributed by atoms with Crippen LogP contribution in [0.1, 0.15) is 16.8 Å². The number of aliphatic carboxylic acids is 1. The van der Waals surface area contributed by atoms with Crippen LogP contribution in [0.4, 0.5) is 0 Å². The van der Waals surface area contributed by atoms with E-state index in [0.717, 1.165) is 3.57 Å². The Bertz CT molecular complexity index is 466. The lowest BCUT2D eigenvalue weighted by Crippen LogP contribution is -2.30. The highest BCUT2D eigenvalue weighted by Gasteiger charge is 2.14. The number of carboxylic acids is 1. The van der Waals surface area contributed by atoms with Gasteiger partial charge in [-0.1, -0.05) is 0 Å². The molecule has 0 aliphatic rings. The first-order valence-corrected chi connectivity index (χ1v) is 6.93. The van der Waals surface area contributed by atoms with Crippen molar-refractivity contribution >= 4 is 50.4 Å². The fourth-order valence-electron chi connectivity index (χ4n) is 1.21. The molecule has 1 rings (SSSR count). The highest BCUT2D eigenvalue weighted by Crippen LogP contribution is 2.19. The van der Waals surface area contributed by atoms with Gasteiger partial charge in [0.2, 0.25) is 0 Å². The van der Waals surface area contributed by atoms with Gasteiger partial charge in [0.15, 0.2) is 6.10 Å². The van der Waals surface area contributed by atoms with Crippen molar-refractivity contribution in [3.05, 3.63) is 31.8 Å². The Balaban J connectivity index is 2.55. The molecule has 5 nitrogen and oxygen atoms in total. The van der Waals surface area contributed by atoms with E-state index >= 15 is 0 Å². The summed E-state index contributed by atoms with van der Waals surface area (Å²) in [4.78, 5) is 22.2. The third-order valence-corrected chi connectivity index (χ3v) is 3.52. The van der Waals surface area contributed by atoms with Crippen molar-refractivity contribution in [1.29, 1.82) is 0 Å². The molecule has 0 spiro atoms. The zero-order valence-electron chi connectivity index (χ0n) is 9.19. The number of rotatable bonds is 5. The van der Waals surface area contributed by atoms with Crippen molar-refractivity contribution < 1.29 is 19.8 Å².